The van der Waals surface area contributed by atoms with Gasteiger partial charge in [0.2, 0.25) is 0 Å². The third-order valence-corrected chi connectivity index (χ3v) is 1.51. The summed E-state index contributed by atoms with van der Waals surface area (Å²) in [5.74, 6) is 0.911. The van der Waals surface area contributed by atoms with E-state index in [-0.39, 0.29) is 7.43 Å². The molecule has 0 N–H and O–H groups in total. The van der Waals surface area contributed by atoms with Crippen molar-refractivity contribution in [1.82, 2.24) is 0 Å². The summed E-state index contributed by atoms with van der Waals surface area (Å²) >= 11 is 0. The van der Waals surface area contributed by atoms with Crippen molar-refractivity contribution in [3.8, 4) is 0 Å². The second kappa shape index (κ2) is 3.90. The second-order valence-electron chi connectivity index (χ2n) is 2.29. The van der Waals surface area contributed by atoms with Crippen LogP contribution in [0, 0.1) is 5.92 Å². The van der Waals surface area contributed by atoms with E-state index in [0.717, 1.165) is 19.1 Å². The highest BCUT2D eigenvalue weighted by molar-refractivity contribution is 4.55. The first-order valence-electron chi connectivity index (χ1n) is 2.97. The van der Waals surface area contributed by atoms with Crippen molar-refractivity contribution in [2.75, 3.05) is 13.2 Å². The molecule has 0 aromatic heterocycles. The molecule has 0 unspecified atom stereocenters. The van der Waals surface area contributed by atoms with Crippen LogP contribution in [-0.2, 0) is 4.74 Å². The van der Waals surface area contributed by atoms with Gasteiger partial charge in [-0.05, 0) is 18.8 Å². The van der Waals surface area contributed by atoms with Gasteiger partial charge in [0.1, 0.15) is 0 Å². The number of ether oxygens (including phenoxy) is 1. The minimum Gasteiger partial charge on any atom is -0.381 e. The van der Waals surface area contributed by atoms with Crippen LogP contribution >= 0.6 is 0 Å². The molecule has 1 aliphatic rings. The van der Waals surface area contributed by atoms with Crippen molar-refractivity contribution < 1.29 is 4.74 Å². The van der Waals surface area contributed by atoms with E-state index in [9.17, 15) is 0 Å². The molecule has 1 fully saturated rings. The molecule has 0 bridgehead atoms. The summed E-state index contributed by atoms with van der Waals surface area (Å²) in [4.78, 5) is 0. The highest BCUT2D eigenvalue weighted by atomic mass is 16.5. The Morgan fingerprint density at radius 1 is 1.25 bits per heavy atom. The summed E-state index contributed by atoms with van der Waals surface area (Å²) in [6.45, 7) is 4.25. The molecule has 0 aromatic rings. The van der Waals surface area contributed by atoms with Gasteiger partial charge in [-0.25, -0.2) is 0 Å². The average molecular weight is 116 g/mol. The highest BCUT2D eigenvalue weighted by Gasteiger charge is 2.06. The fourth-order valence-corrected chi connectivity index (χ4v) is 0.815. The zero-order chi connectivity index (χ0) is 5.11. The Hall–Kier alpha value is -0.0400. The maximum Gasteiger partial charge on any atom is 0.0468 e. The Labute approximate surface area is 52.0 Å². The number of hydrogen-bond acceptors (Lipinski definition) is 1. The maximum atomic E-state index is 5.14. The lowest BCUT2D eigenvalue weighted by Gasteiger charge is -2.16. The van der Waals surface area contributed by atoms with Crippen LogP contribution < -0.4 is 0 Å². The lowest BCUT2D eigenvalue weighted by Crippen LogP contribution is -2.12. The van der Waals surface area contributed by atoms with Crippen LogP contribution in [0.1, 0.15) is 27.2 Å². The van der Waals surface area contributed by atoms with Crippen LogP contribution in [0.25, 0.3) is 0 Å². The Bertz CT molecular complexity index is 46.3. The summed E-state index contributed by atoms with van der Waals surface area (Å²) < 4.78 is 5.14. The van der Waals surface area contributed by atoms with Crippen molar-refractivity contribution >= 4 is 0 Å². The van der Waals surface area contributed by atoms with Crippen molar-refractivity contribution in [3.05, 3.63) is 0 Å². The Balaban J connectivity index is 0.000000490. The van der Waals surface area contributed by atoms with E-state index in [0.29, 0.717) is 0 Å². The first kappa shape index (κ1) is 7.96. The lowest BCUT2D eigenvalue weighted by molar-refractivity contribution is 0.0716. The molecular formula is C7H16O. The molecule has 1 heteroatoms. The molecule has 1 saturated heterocycles. The van der Waals surface area contributed by atoms with Gasteiger partial charge < -0.3 is 4.74 Å². The quantitative estimate of drug-likeness (QED) is 0.470. The van der Waals surface area contributed by atoms with E-state index in [1.165, 1.54) is 12.8 Å². The van der Waals surface area contributed by atoms with Crippen LogP contribution in [0.4, 0.5) is 0 Å². The predicted octanol–water partition coefficient (Wildman–Crippen LogP) is 2.07. The van der Waals surface area contributed by atoms with Gasteiger partial charge in [-0.3, -0.25) is 0 Å². The standard InChI is InChI=1S/C6H12O.CH4/c1-6-2-4-7-5-3-6;/h6H,2-5H2,1H3;1H4. The Kier molecular flexibility index (Phi) is 3.88. The van der Waals surface area contributed by atoms with Gasteiger partial charge in [-0.1, -0.05) is 14.4 Å². The minimum atomic E-state index is 0. The Morgan fingerprint density at radius 3 is 2.00 bits per heavy atom. The molecule has 0 aliphatic carbocycles. The summed E-state index contributed by atoms with van der Waals surface area (Å²) in [7, 11) is 0. The number of hydrogen-bond donors (Lipinski definition) is 0. The molecule has 0 atom stereocenters. The monoisotopic (exact) mass is 116 g/mol. The third kappa shape index (κ3) is 2.31. The van der Waals surface area contributed by atoms with Gasteiger partial charge in [0, 0.05) is 13.2 Å². The summed E-state index contributed by atoms with van der Waals surface area (Å²) in [5.41, 5.74) is 0. The van der Waals surface area contributed by atoms with Gasteiger partial charge in [0.25, 0.3) is 0 Å². The van der Waals surface area contributed by atoms with Crippen LogP contribution in [0.2, 0.25) is 0 Å². The molecule has 0 amide bonds. The van der Waals surface area contributed by atoms with Crippen LogP contribution in [-0.4, -0.2) is 13.2 Å². The molecule has 1 nitrogen and oxygen atoms in total. The lowest BCUT2D eigenvalue weighted by atomic mass is 10.0. The van der Waals surface area contributed by atoms with Crippen molar-refractivity contribution in [3.63, 3.8) is 0 Å². The smallest absolute Gasteiger partial charge is 0.0468 e. The first-order chi connectivity index (χ1) is 3.39. The molecule has 0 spiro atoms. The van der Waals surface area contributed by atoms with Crippen LogP contribution in [0.3, 0.4) is 0 Å². The van der Waals surface area contributed by atoms with Crippen LogP contribution in [0.5, 0.6) is 0 Å². The maximum absolute atomic E-state index is 5.14. The summed E-state index contributed by atoms with van der Waals surface area (Å²) in [6.07, 6.45) is 2.53. The van der Waals surface area contributed by atoms with Crippen molar-refractivity contribution in [2.24, 2.45) is 5.92 Å². The molecule has 50 valence electrons. The van der Waals surface area contributed by atoms with Gasteiger partial charge in [-0.15, -0.1) is 0 Å². The SMILES string of the molecule is C.CC1CCOCC1. The molecule has 0 aromatic carbocycles. The van der Waals surface area contributed by atoms with E-state index in [1.54, 1.807) is 0 Å². The molecule has 1 aliphatic heterocycles. The van der Waals surface area contributed by atoms with E-state index >= 15 is 0 Å². The van der Waals surface area contributed by atoms with Gasteiger partial charge in [-0.2, -0.15) is 0 Å². The van der Waals surface area contributed by atoms with E-state index in [2.05, 4.69) is 6.92 Å². The van der Waals surface area contributed by atoms with E-state index in [1.807, 2.05) is 0 Å². The molecule has 8 heavy (non-hydrogen) atoms. The zero-order valence-electron chi connectivity index (χ0n) is 4.81. The minimum absolute atomic E-state index is 0. The molecule has 0 radical (unpaired) electrons. The molecule has 1 rings (SSSR count). The molecular weight excluding hydrogens is 100 g/mol. The summed E-state index contributed by atoms with van der Waals surface area (Å²) in [5, 5.41) is 0. The van der Waals surface area contributed by atoms with Crippen molar-refractivity contribution in [1.29, 1.82) is 0 Å². The second-order valence-corrected chi connectivity index (χ2v) is 2.29. The first-order valence-corrected chi connectivity index (χ1v) is 2.97. The zero-order valence-corrected chi connectivity index (χ0v) is 4.81. The van der Waals surface area contributed by atoms with E-state index < -0.39 is 0 Å². The number of rotatable bonds is 0. The van der Waals surface area contributed by atoms with Gasteiger partial charge in [0.15, 0.2) is 0 Å². The van der Waals surface area contributed by atoms with E-state index in [4.69, 9.17) is 4.74 Å². The molecule has 1 heterocycles. The normalized spacial score (nSPS) is 22.1. The fraction of sp³-hybridized carbons (Fsp3) is 1.00. The third-order valence-electron chi connectivity index (χ3n) is 1.51. The summed E-state index contributed by atoms with van der Waals surface area (Å²) in [6, 6.07) is 0. The Morgan fingerprint density at radius 2 is 1.75 bits per heavy atom. The largest absolute Gasteiger partial charge is 0.381 e. The topological polar surface area (TPSA) is 9.23 Å². The van der Waals surface area contributed by atoms with Gasteiger partial charge in [0.05, 0.1) is 0 Å². The van der Waals surface area contributed by atoms with Crippen LogP contribution in [0.15, 0.2) is 0 Å². The van der Waals surface area contributed by atoms with Crippen molar-refractivity contribution in [2.45, 2.75) is 27.2 Å². The molecule has 0 saturated carbocycles. The highest BCUT2D eigenvalue weighted by Crippen LogP contribution is 2.11. The fourth-order valence-electron chi connectivity index (χ4n) is 0.815. The average Bonchev–Trinajstić information content (AvgIpc) is 1.69. The predicted molar refractivity (Wildman–Crippen MR) is 35.9 cm³/mol. The van der Waals surface area contributed by atoms with Gasteiger partial charge >= 0.3 is 0 Å².